The molecule has 3 aromatic carbocycles. The van der Waals surface area contributed by atoms with Crippen molar-refractivity contribution in [1.29, 1.82) is 0 Å². The monoisotopic (exact) mass is 459 g/mol. The number of imidazole rings is 1. The van der Waals surface area contributed by atoms with Crippen molar-refractivity contribution in [3.8, 4) is 0 Å². The number of benzene rings is 3. The average Bonchev–Trinajstić information content (AvgIpc) is 3.20. The predicted octanol–water partition coefficient (Wildman–Crippen LogP) is 4.68. The molecule has 1 N–H and O–H groups in total. The van der Waals surface area contributed by atoms with Crippen LogP contribution >= 0.6 is 0 Å². The van der Waals surface area contributed by atoms with Gasteiger partial charge in [0.05, 0.1) is 15.9 Å². The van der Waals surface area contributed by atoms with E-state index in [4.69, 9.17) is 4.98 Å². The number of aryl methyl sites for hydroxylation is 4. The first-order valence-electron chi connectivity index (χ1n) is 11.7. The van der Waals surface area contributed by atoms with E-state index in [1.807, 2.05) is 54.6 Å². The summed E-state index contributed by atoms with van der Waals surface area (Å²) >= 11 is 0. The summed E-state index contributed by atoms with van der Waals surface area (Å²) in [6.45, 7) is 0.854. The number of hydrogen-bond acceptors (Lipinski definition) is 3. The van der Waals surface area contributed by atoms with E-state index in [2.05, 4.69) is 21.4 Å². The second kappa shape index (κ2) is 9.49. The van der Waals surface area contributed by atoms with Gasteiger partial charge in [-0.05, 0) is 73.1 Å². The van der Waals surface area contributed by atoms with Gasteiger partial charge in [0, 0.05) is 19.5 Å². The molecule has 0 aliphatic heterocycles. The van der Waals surface area contributed by atoms with Crippen LogP contribution in [0.15, 0.2) is 77.7 Å². The molecule has 0 atom stereocenters. The number of aromatic nitrogens is 2. The van der Waals surface area contributed by atoms with E-state index >= 15 is 0 Å². The number of hydrogen-bond donors (Lipinski definition) is 1. The smallest absolute Gasteiger partial charge is 0.240 e. The van der Waals surface area contributed by atoms with E-state index in [0.717, 1.165) is 49.0 Å². The number of rotatable bonds is 8. The van der Waals surface area contributed by atoms with Gasteiger partial charge in [-0.2, -0.15) is 0 Å². The Morgan fingerprint density at radius 3 is 2.45 bits per heavy atom. The van der Waals surface area contributed by atoms with E-state index in [9.17, 15) is 8.42 Å². The molecule has 0 saturated heterocycles. The molecule has 5 rings (SSSR count). The molecular weight excluding hydrogens is 430 g/mol. The van der Waals surface area contributed by atoms with Gasteiger partial charge in [-0.15, -0.1) is 0 Å². The lowest BCUT2D eigenvalue weighted by molar-refractivity contribution is 0.570. The topological polar surface area (TPSA) is 64.0 Å². The molecule has 0 spiro atoms. The zero-order valence-electron chi connectivity index (χ0n) is 18.7. The summed E-state index contributed by atoms with van der Waals surface area (Å²) in [6.07, 6.45) is 6.01. The summed E-state index contributed by atoms with van der Waals surface area (Å²) in [5.41, 5.74) is 5.71. The van der Waals surface area contributed by atoms with Crippen LogP contribution in [0.4, 0.5) is 0 Å². The third-order valence-electron chi connectivity index (χ3n) is 6.47. The molecule has 0 unspecified atom stereocenters. The third kappa shape index (κ3) is 4.87. The Bertz CT molecular complexity index is 1360. The van der Waals surface area contributed by atoms with Gasteiger partial charge in [0.2, 0.25) is 10.0 Å². The highest BCUT2D eigenvalue weighted by Crippen LogP contribution is 2.24. The summed E-state index contributed by atoms with van der Waals surface area (Å²) in [5, 5.41) is 0. The van der Waals surface area contributed by atoms with Crippen LogP contribution in [-0.2, 0) is 42.3 Å². The summed E-state index contributed by atoms with van der Waals surface area (Å²) in [4.78, 5) is 5.20. The minimum absolute atomic E-state index is 0.318. The molecule has 0 fully saturated rings. The molecule has 0 saturated carbocycles. The van der Waals surface area contributed by atoms with E-state index in [1.54, 1.807) is 6.07 Å². The number of fused-ring (bicyclic) bond motifs is 2. The molecule has 33 heavy (non-hydrogen) atoms. The largest absolute Gasteiger partial charge is 0.327 e. The van der Waals surface area contributed by atoms with Crippen LogP contribution < -0.4 is 4.72 Å². The van der Waals surface area contributed by atoms with Crippen molar-refractivity contribution in [3.63, 3.8) is 0 Å². The Balaban J connectivity index is 1.31. The van der Waals surface area contributed by atoms with Crippen molar-refractivity contribution in [2.45, 2.75) is 50.0 Å². The Morgan fingerprint density at radius 2 is 1.61 bits per heavy atom. The first-order valence-corrected chi connectivity index (χ1v) is 13.2. The second-order valence-electron chi connectivity index (χ2n) is 8.69. The summed E-state index contributed by atoms with van der Waals surface area (Å²) in [7, 11) is -3.55. The lowest BCUT2D eigenvalue weighted by atomic mass is 9.92. The zero-order valence-corrected chi connectivity index (χ0v) is 19.5. The molecule has 4 aromatic rings. The normalized spacial score (nSPS) is 13.8. The SMILES string of the molecule is O=S(=O)(NCCn1c(CCc2ccccc2)nc2ccccc21)c1ccc2c(c1)CCCC2. The van der Waals surface area contributed by atoms with Crippen molar-refractivity contribution in [2.24, 2.45) is 0 Å². The quantitative estimate of drug-likeness (QED) is 0.416. The minimum Gasteiger partial charge on any atom is -0.327 e. The fourth-order valence-electron chi connectivity index (χ4n) is 4.72. The van der Waals surface area contributed by atoms with Gasteiger partial charge in [-0.25, -0.2) is 18.1 Å². The molecule has 0 bridgehead atoms. The maximum absolute atomic E-state index is 13.0. The van der Waals surface area contributed by atoms with Crippen LogP contribution in [0, 0.1) is 0 Å². The van der Waals surface area contributed by atoms with Crippen molar-refractivity contribution >= 4 is 21.1 Å². The number of sulfonamides is 1. The van der Waals surface area contributed by atoms with Crippen molar-refractivity contribution in [1.82, 2.24) is 14.3 Å². The Labute approximate surface area is 195 Å². The Morgan fingerprint density at radius 1 is 0.848 bits per heavy atom. The van der Waals surface area contributed by atoms with Gasteiger partial charge in [-0.1, -0.05) is 48.5 Å². The van der Waals surface area contributed by atoms with Crippen LogP contribution in [0.25, 0.3) is 11.0 Å². The Kier molecular flexibility index (Phi) is 6.29. The minimum atomic E-state index is -3.55. The van der Waals surface area contributed by atoms with Crippen LogP contribution in [-0.4, -0.2) is 24.5 Å². The van der Waals surface area contributed by atoms with Gasteiger partial charge in [-0.3, -0.25) is 0 Å². The number of nitrogens with zero attached hydrogens (tertiary/aromatic N) is 2. The van der Waals surface area contributed by atoms with Gasteiger partial charge >= 0.3 is 0 Å². The molecule has 1 heterocycles. The van der Waals surface area contributed by atoms with E-state index < -0.39 is 10.0 Å². The maximum Gasteiger partial charge on any atom is 0.240 e. The molecule has 6 heteroatoms. The highest BCUT2D eigenvalue weighted by molar-refractivity contribution is 7.89. The molecule has 1 aromatic heterocycles. The molecular formula is C27H29N3O2S. The van der Waals surface area contributed by atoms with E-state index in [0.29, 0.717) is 18.0 Å². The molecule has 170 valence electrons. The van der Waals surface area contributed by atoms with Gasteiger partial charge in [0.25, 0.3) is 0 Å². The van der Waals surface area contributed by atoms with Crippen molar-refractivity contribution in [2.75, 3.05) is 6.54 Å². The summed E-state index contributed by atoms with van der Waals surface area (Å²) in [6, 6.07) is 24.0. The highest BCUT2D eigenvalue weighted by Gasteiger charge is 2.18. The fraction of sp³-hybridized carbons (Fsp3) is 0.296. The molecule has 1 aliphatic carbocycles. The Hall–Kier alpha value is -2.96. The van der Waals surface area contributed by atoms with Crippen LogP contribution in [0.5, 0.6) is 0 Å². The van der Waals surface area contributed by atoms with E-state index in [1.165, 1.54) is 23.1 Å². The van der Waals surface area contributed by atoms with Gasteiger partial charge < -0.3 is 4.57 Å². The van der Waals surface area contributed by atoms with Gasteiger partial charge in [0.15, 0.2) is 0 Å². The van der Waals surface area contributed by atoms with E-state index in [-0.39, 0.29) is 0 Å². The fourth-order valence-corrected chi connectivity index (χ4v) is 5.79. The lowest BCUT2D eigenvalue weighted by Gasteiger charge is -2.17. The van der Waals surface area contributed by atoms with Gasteiger partial charge in [0.1, 0.15) is 5.82 Å². The molecule has 0 amide bonds. The number of para-hydroxylation sites is 2. The third-order valence-corrected chi connectivity index (χ3v) is 7.93. The number of nitrogens with one attached hydrogen (secondary N) is 1. The van der Waals surface area contributed by atoms with Crippen LogP contribution in [0.1, 0.15) is 35.4 Å². The zero-order chi connectivity index (χ0) is 22.7. The first kappa shape index (κ1) is 21.9. The highest BCUT2D eigenvalue weighted by atomic mass is 32.2. The second-order valence-corrected chi connectivity index (χ2v) is 10.5. The van der Waals surface area contributed by atoms with Crippen LogP contribution in [0.3, 0.4) is 0 Å². The standard InChI is InChI=1S/C27H29N3O2S/c31-33(32,24-16-15-22-10-4-5-11-23(22)20-24)28-18-19-30-26-13-7-6-12-25(26)29-27(30)17-14-21-8-2-1-3-9-21/h1-3,6-9,12-13,15-16,20,28H,4-5,10-11,14,17-19H2. The average molecular weight is 460 g/mol. The first-order chi connectivity index (χ1) is 16.1. The lowest BCUT2D eigenvalue weighted by Crippen LogP contribution is -2.28. The molecule has 1 aliphatic rings. The van der Waals surface area contributed by atoms with Crippen molar-refractivity contribution in [3.05, 3.63) is 95.3 Å². The van der Waals surface area contributed by atoms with Crippen molar-refractivity contribution < 1.29 is 8.42 Å². The molecule has 0 radical (unpaired) electrons. The molecule has 5 nitrogen and oxygen atoms in total. The summed E-state index contributed by atoms with van der Waals surface area (Å²) in [5.74, 6) is 0.980. The maximum atomic E-state index is 13.0. The van der Waals surface area contributed by atoms with Crippen LogP contribution in [0.2, 0.25) is 0 Å². The predicted molar refractivity (Wildman–Crippen MR) is 132 cm³/mol. The summed E-state index contributed by atoms with van der Waals surface area (Å²) < 4.78 is 30.9.